The number of hydrogen-bond acceptors (Lipinski definition) is 12. The number of ether oxygens (including phenoxy) is 6. The summed E-state index contributed by atoms with van der Waals surface area (Å²) in [6.45, 7) is 12.2. The first-order valence-electron chi connectivity index (χ1n) is 23.7. The van der Waals surface area contributed by atoms with Gasteiger partial charge in [0, 0.05) is 25.4 Å². The zero-order valence-electron chi connectivity index (χ0n) is 39.0. The zero-order chi connectivity index (χ0) is 46.8. The molecule has 4 saturated heterocycles. The molecule has 0 bridgehead atoms. The Morgan fingerprint density at radius 2 is 1.23 bits per heavy atom. The quantitative estimate of drug-likeness (QED) is 0.0911. The highest BCUT2D eigenvalue weighted by Crippen LogP contribution is 2.37. The lowest BCUT2D eigenvalue weighted by Gasteiger charge is -2.31. The molecule has 0 aliphatic carbocycles. The highest BCUT2D eigenvalue weighted by atomic mass is 16.7. The summed E-state index contributed by atoms with van der Waals surface area (Å²) in [4.78, 5) is 40.2. The SMILES string of the molecule is CC(C)CN(C[C@@H](O)[C@H](Cc1ccccc1)NC(=O)C[C@H]1COC2OCCC21)C(=O)OCc1ccccc1.CC(C)CNC[C@@H](O)[C@H](Cc1ccccc1)NC(=O)O[C@H]1COC2OCCC21. The molecule has 4 aliphatic heterocycles. The summed E-state index contributed by atoms with van der Waals surface area (Å²) >= 11 is 0. The van der Waals surface area contributed by atoms with Gasteiger partial charge in [0.05, 0.1) is 63.2 Å². The third-order valence-corrected chi connectivity index (χ3v) is 12.4. The van der Waals surface area contributed by atoms with Crippen molar-refractivity contribution in [3.8, 4) is 0 Å². The van der Waals surface area contributed by atoms with Crippen LogP contribution in [-0.4, -0.2) is 129 Å². The van der Waals surface area contributed by atoms with Gasteiger partial charge in [0.15, 0.2) is 12.6 Å². The molecule has 15 heteroatoms. The number of aliphatic hydroxyl groups is 2. The minimum absolute atomic E-state index is 0.0503. The topological polar surface area (TPSA) is 186 Å². The molecule has 3 aromatic carbocycles. The van der Waals surface area contributed by atoms with Crippen LogP contribution in [0.4, 0.5) is 9.59 Å². The average Bonchev–Trinajstić information content (AvgIpc) is 4.12. The normalized spacial score (nSPS) is 23.8. The minimum atomic E-state index is -0.982. The van der Waals surface area contributed by atoms with Crippen LogP contribution in [0.15, 0.2) is 91.0 Å². The summed E-state index contributed by atoms with van der Waals surface area (Å²) in [5.74, 6) is 0.963. The number of carbonyl (C=O) groups is 3. The van der Waals surface area contributed by atoms with E-state index in [4.69, 9.17) is 28.4 Å². The Balaban J connectivity index is 0.000000229. The van der Waals surface area contributed by atoms with Crippen molar-refractivity contribution in [2.24, 2.45) is 29.6 Å². The molecule has 3 aromatic rings. The van der Waals surface area contributed by atoms with Crippen molar-refractivity contribution in [2.75, 3.05) is 52.6 Å². The van der Waals surface area contributed by atoms with Gasteiger partial charge in [-0.15, -0.1) is 0 Å². The van der Waals surface area contributed by atoms with Crippen LogP contribution in [0.25, 0.3) is 0 Å². The van der Waals surface area contributed by atoms with Crippen LogP contribution >= 0.6 is 0 Å². The van der Waals surface area contributed by atoms with E-state index < -0.39 is 36.5 Å². The average molecular weight is 917 g/mol. The Morgan fingerprint density at radius 3 is 1.83 bits per heavy atom. The molecule has 0 aromatic heterocycles. The zero-order valence-corrected chi connectivity index (χ0v) is 39.0. The fourth-order valence-electron chi connectivity index (χ4n) is 8.93. The fourth-order valence-corrected chi connectivity index (χ4v) is 8.93. The number of carbonyl (C=O) groups excluding carboxylic acids is 3. The first-order valence-corrected chi connectivity index (χ1v) is 23.7. The monoisotopic (exact) mass is 917 g/mol. The fraction of sp³-hybridized carbons (Fsp3) is 0.588. The molecule has 0 saturated carbocycles. The molecule has 3 amide bonds. The van der Waals surface area contributed by atoms with Gasteiger partial charge < -0.3 is 59.5 Å². The molecule has 15 nitrogen and oxygen atoms in total. The van der Waals surface area contributed by atoms with E-state index >= 15 is 0 Å². The third kappa shape index (κ3) is 16.0. The van der Waals surface area contributed by atoms with Gasteiger partial charge in [0.1, 0.15) is 12.7 Å². The summed E-state index contributed by atoms with van der Waals surface area (Å²) in [6.07, 6.45) is -0.474. The van der Waals surface area contributed by atoms with E-state index in [1.807, 2.05) is 105 Å². The van der Waals surface area contributed by atoms with Crippen LogP contribution < -0.4 is 16.0 Å². The molecule has 10 atom stereocenters. The van der Waals surface area contributed by atoms with Crippen molar-refractivity contribution in [2.45, 2.75) is 109 Å². The number of nitrogens with one attached hydrogen (secondary N) is 3. The number of aliphatic hydroxyl groups excluding tert-OH is 2. The van der Waals surface area contributed by atoms with E-state index in [9.17, 15) is 24.6 Å². The van der Waals surface area contributed by atoms with Crippen LogP contribution in [0.1, 0.15) is 63.6 Å². The lowest BCUT2D eigenvalue weighted by molar-refractivity contribution is -0.124. The molecular weight excluding hydrogens is 845 g/mol. The molecule has 0 spiro atoms. The molecule has 362 valence electrons. The number of benzene rings is 3. The van der Waals surface area contributed by atoms with Crippen molar-refractivity contribution in [1.82, 2.24) is 20.9 Å². The molecule has 66 heavy (non-hydrogen) atoms. The van der Waals surface area contributed by atoms with Gasteiger partial charge in [-0.25, -0.2) is 9.59 Å². The van der Waals surface area contributed by atoms with Gasteiger partial charge in [-0.3, -0.25) is 4.79 Å². The lowest BCUT2D eigenvalue weighted by atomic mass is 9.90. The molecule has 4 aliphatic rings. The van der Waals surface area contributed by atoms with E-state index in [1.54, 1.807) is 0 Å². The second-order valence-corrected chi connectivity index (χ2v) is 18.8. The van der Waals surface area contributed by atoms with E-state index in [2.05, 4.69) is 29.8 Å². The number of alkyl carbamates (subject to hydrolysis) is 1. The number of nitrogens with zero attached hydrogens (tertiary/aromatic N) is 1. The van der Waals surface area contributed by atoms with E-state index in [0.29, 0.717) is 64.7 Å². The maximum Gasteiger partial charge on any atom is 0.410 e. The first kappa shape index (κ1) is 50.8. The van der Waals surface area contributed by atoms with Crippen LogP contribution in [0, 0.1) is 29.6 Å². The lowest BCUT2D eigenvalue weighted by Crippen LogP contribution is -2.51. The standard InChI is InChI=1S/C30H40N2O6.C21H32N2O5/c1-21(2)17-32(30(35)38-19-23-11-7-4-8-12-23)18-27(33)26(15-22-9-5-3-6-10-22)31-28(34)16-24-20-37-29-25(24)13-14-36-29;1-14(2)11-22-12-18(24)17(10-15-6-4-3-5-7-15)23-21(25)28-19-13-27-20-16(19)8-9-26-20/h3-12,21,24-27,29,33H,13-20H2,1-2H3,(H,31,34);3-7,14,16-20,22,24H,8-13H2,1-2H3,(H,23,25)/t24-,25?,26-,27+,29?;16?,17-,18+,19-,20?/m00/s1. The van der Waals surface area contributed by atoms with Crippen LogP contribution in [0.5, 0.6) is 0 Å². The molecule has 4 unspecified atom stereocenters. The highest BCUT2D eigenvalue weighted by molar-refractivity contribution is 5.76. The Bertz CT molecular complexity index is 1890. The molecule has 0 radical (unpaired) electrons. The second-order valence-electron chi connectivity index (χ2n) is 18.8. The van der Waals surface area contributed by atoms with Crippen molar-refractivity contribution in [1.29, 1.82) is 0 Å². The maximum absolute atomic E-state index is 13.1. The number of hydrogen-bond donors (Lipinski definition) is 5. The third-order valence-electron chi connectivity index (χ3n) is 12.4. The van der Waals surface area contributed by atoms with E-state index in [1.165, 1.54) is 4.90 Å². The summed E-state index contributed by atoms with van der Waals surface area (Å²) in [7, 11) is 0. The number of amides is 3. The molecule has 4 heterocycles. The summed E-state index contributed by atoms with van der Waals surface area (Å²) < 4.78 is 33.4. The second kappa shape index (κ2) is 26.1. The largest absolute Gasteiger partial charge is 0.445 e. The number of rotatable bonds is 21. The van der Waals surface area contributed by atoms with Crippen molar-refractivity contribution in [3.63, 3.8) is 0 Å². The Labute approximate surface area is 390 Å². The first-order chi connectivity index (χ1) is 31.9. The Kier molecular flexibility index (Phi) is 20.1. The van der Waals surface area contributed by atoms with Crippen LogP contribution in [-0.2, 0) is 52.7 Å². The van der Waals surface area contributed by atoms with Crippen LogP contribution in [0.3, 0.4) is 0 Å². The van der Waals surface area contributed by atoms with E-state index in [0.717, 1.165) is 36.1 Å². The van der Waals surface area contributed by atoms with Gasteiger partial charge in [0.2, 0.25) is 5.91 Å². The highest BCUT2D eigenvalue weighted by Gasteiger charge is 2.44. The molecule has 7 rings (SSSR count). The smallest absolute Gasteiger partial charge is 0.410 e. The van der Waals surface area contributed by atoms with Gasteiger partial charge in [0.25, 0.3) is 0 Å². The summed E-state index contributed by atoms with van der Waals surface area (Å²) in [5, 5.41) is 31.2. The summed E-state index contributed by atoms with van der Waals surface area (Å²) in [5.41, 5.74) is 2.93. The van der Waals surface area contributed by atoms with Crippen LogP contribution in [0.2, 0.25) is 0 Å². The van der Waals surface area contributed by atoms with Gasteiger partial charge in [-0.2, -0.15) is 0 Å². The molecule has 4 fully saturated rings. The predicted octanol–water partition coefficient (Wildman–Crippen LogP) is 5.46. The molecular formula is C51H72N4O11. The predicted molar refractivity (Wildman–Crippen MR) is 248 cm³/mol. The Hall–Kier alpha value is -4.61. The van der Waals surface area contributed by atoms with E-state index in [-0.39, 0.29) is 61.4 Å². The maximum atomic E-state index is 13.1. The molecule has 5 N–H and O–H groups in total. The summed E-state index contributed by atoms with van der Waals surface area (Å²) in [6, 6.07) is 28.0. The Morgan fingerprint density at radius 1 is 0.667 bits per heavy atom. The van der Waals surface area contributed by atoms with Crippen molar-refractivity contribution >= 4 is 18.1 Å². The van der Waals surface area contributed by atoms with Crippen molar-refractivity contribution < 1.29 is 53.0 Å². The van der Waals surface area contributed by atoms with Crippen molar-refractivity contribution in [3.05, 3.63) is 108 Å². The van der Waals surface area contributed by atoms with Gasteiger partial charge in [-0.1, -0.05) is 119 Å². The number of fused-ring (bicyclic) bond motifs is 2. The van der Waals surface area contributed by atoms with Gasteiger partial charge >= 0.3 is 12.2 Å². The minimum Gasteiger partial charge on any atom is -0.445 e. The van der Waals surface area contributed by atoms with Gasteiger partial charge in [-0.05, 0) is 66.7 Å².